The Balaban J connectivity index is 1.33. The molecule has 31 heavy (non-hydrogen) atoms. The van der Waals surface area contributed by atoms with Gasteiger partial charge < -0.3 is 16.4 Å². The van der Waals surface area contributed by atoms with Gasteiger partial charge in [-0.1, -0.05) is 36.4 Å². The molecule has 0 spiro atoms. The van der Waals surface area contributed by atoms with Gasteiger partial charge in [0.2, 0.25) is 5.91 Å². The maximum Gasteiger partial charge on any atom is 0.255 e. The first-order valence-corrected chi connectivity index (χ1v) is 10.5. The van der Waals surface area contributed by atoms with Crippen molar-refractivity contribution in [3.63, 3.8) is 0 Å². The van der Waals surface area contributed by atoms with Crippen LogP contribution >= 0.6 is 0 Å². The largest absolute Gasteiger partial charge is 0.354 e. The topological polar surface area (TPSA) is 97.1 Å². The highest BCUT2D eigenvalue weighted by Crippen LogP contribution is 2.31. The molecular formula is C25H26N4O2. The maximum absolute atomic E-state index is 12.8. The average molecular weight is 415 g/mol. The van der Waals surface area contributed by atoms with Crippen molar-refractivity contribution in [2.75, 3.05) is 11.9 Å². The molecule has 0 saturated carbocycles. The van der Waals surface area contributed by atoms with Gasteiger partial charge >= 0.3 is 0 Å². The summed E-state index contributed by atoms with van der Waals surface area (Å²) in [7, 11) is 0. The smallest absolute Gasteiger partial charge is 0.255 e. The first kappa shape index (κ1) is 20.8. The van der Waals surface area contributed by atoms with E-state index in [1.807, 2.05) is 30.3 Å². The number of aryl methyl sites for hydroxylation is 1. The van der Waals surface area contributed by atoms with Crippen molar-refractivity contribution in [1.82, 2.24) is 10.3 Å². The quantitative estimate of drug-likeness (QED) is 0.574. The first-order chi connectivity index (χ1) is 15.1. The van der Waals surface area contributed by atoms with Gasteiger partial charge in [-0.25, -0.2) is 0 Å². The molecule has 2 amide bonds. The SMILES string of the molecule is N[C@H](CNC(=O)C1CCCc2ccccc21)c1ccc(C(=O)Nc2ccncc2)cc1. The minimum absolute atomic E-state index is 0.0240. The van der Waals surface area contributed by atoms with Crippen molar-refractivity contribution in [2.45, 2.75) is 31.2 Å². The number of hydrogen-bond donors (Lipinski definition) is 3. The van der Waals surface area contributed by atoms with Crippen LogP contribution in [0.1, 0.15) is 51.8 Å². The molecule has 1 aliphatic carbocycles. The van der Waals surface area contributed by atoms with Crippen LogP contribution in [0.5, 0.6) is 0 Å². The maximum atomic E-state index is 12.8. The van der Waals surface area contributed by atoms with Crippen LogP contribution in [0.3, 0.4) is 0 Å². The zero-order chi connectivity index (χ0) is 21.6. The fourth-order valence-corrected chi connectivity index (χ4v) is 4.00. The van der Waals surface area contributed by atoms with Crippen LogP contribution in [0.2, 0.25) is 0 Å². The summed E-state index contributed by atoms with van der Waals surface area (Å²) in [5.41, 5.74) is 10.8. The Morgan fingerprint density at radius 2 is 1.77 bits per heavy atom. The predicted molar refractivity (Wildman–Crippen MR) is 121 cm³/mol. The molecule has 0 fully saturated rings. The molecule has 1 heterocycles. The van der Waals surface area contributed by atoms with Crippen molar-refractivity contribution in [3.05, 3.63) is 95.3 Å². The summed E-state index contributed by atoms with van der Waals surface area (Å²) in [5, 5.41) is 5.84. The lowest BCUT2D eigenvalue weighted by Gasteiger charge is -2.25. The van der Waals surface area contributed by atoms with E-state index in [1.54, 1.807) is 36.7 Å². The molecule has 3 aromatic rings. The number of fused-ring (bicyclic) bond motifs is 1. The molecule has 0 radical (unpaired) electrons. The molecule has 4 N–H and O–H groups in total. The summed E-state index contributed by atoms with van der Waals surface area (Å²) in [6, 6.07) is 18.4. The number of anilines is 1. The fraction of sp³-hybridized carbons (Fsp3) is 0.240. The van der Waals surface area contributed by atoms with Crippen LogP contribution in [-0.2, 0) is 11.2 Å². The van der Waals surface area contributed by atoms with Crippen LogP contribution in [-0.4, -0.2) is 23.3 Å². The van der Waals surface area contributed by atoms with E-state index < -0.39 is 0 Å². The third kappa shape index (κ3) is 4.98. The standard InChI is InChI=1S/C25H26N4O2/c26-23(16-28-25(31)22-7-3-5-17-4-1-2-6-21(17)22)18-8-10-19(11-9-18)24(30)29-20-12-14-27-15-13-20/h1-2,4,6,8-15,22-23H,3,5,7,16,26H2,(H,28,31)(H,27,29,30)/t22?,23-/m1/s1. The molecule has 2 aromatic carbocycles. The van der Waals surface area contributed by atoms with Crippen molar-refractivity contribution in [1.29, 1.82) is 0 Å². The molecule has 6 heteroatoms. The Hall–Kier alpha value is -3.51. The summed E-state index contributed by atoms with van der Waals surface area (Å²) in [4.78, 5) is 29.1. The van der Waals surface area contributed by atoms with Crippen molar-refractivity contribution < 1.29 is 9.59 Å². The van der Waals surface area contributed by atoms with Gasteiger partial charge in [-0.3, -0.25) is 14.6 Å². The molecule has 2 atom stereocenters. The summed E-state index contributed by atoms with van der Waals surface area (Å²) in [6.45, 7) is 0.347. The number of rotatable bonds is 6. The number of aromatic nitrogens is 1. The lowest BCUT2D eigenvalue weighted by atomic mass is 9.82. The Morgan fingerprint density at radius 1 is 1.03 bits per heavy atom. The monoisotopic (exact) mass is 414 g/mol. The summed E-state index contributed by atoms with van der Waals surface area (Å²) in [6.07, 6.45) is 6.15. The van der Waals surface area contributed by atoms with Gasteiger partial charge in [-0.2, -0.15) is 0 Å². The van der Waals surface area contributed by atoms with Gasteiger partial charge in [0.15, 0.2) is 0 Å². The molecule has 0 saturated heterocycles. The second-order valence-electron chi connectivity index (χ2n) is 7.81. The minimum atomic E-state index is -0.347. The van der Waals surface area contributed by atoms with Gasteiger partial charge in [-0.05, 0) is 60.2 Å². The Kier molecular flexibility index (Phi) is 6.38. The molecule has 158 valence electrons. The number of hydrogen-bond acceptors (Lipinski definition) is 4. The van der Waals surface area contributed by atoms with Crippen molar-refractivity contribution in [3.8, 4) is 0 Å². The van der Waals surface area contributed by atoms with E-state index in [-0.39, 0.29) is 23.8 Å². The fourth-order valence-electron chi connectivity index (χ4n) is 4.00. The number of carbonyl (C=O) groups excluding carboxylic acids is 2. The van der Waals surface area contributed by atoms with Gasteiger partial charge in [-0.15, -0.1) is 0 Å². The normalized spacial score (nSPS) is 16.1. The zero-order valence-electron chi connectivity index (χ0n) is 17.3. The average Bonchev–Trinajstić information content (AvgIpc) is 2.82. The molecule has 6 nitrogen and oxygen atoms in total. The Morgan fingerprint density at radius 3 is 2.55 bits per heavy atom. The van der Waals surface area contributed by atoms with Crippen molar-refractivity contribution in [2.24, 2.45) is 5.73 Å². The predicted octanol–water partition coefficient (Wildman–Crippen LogP) is 3.57. The summed E-state index contributed by atoms with van der Waals surface area (Å²) in [5.74, 6) is -0.289. The van der Waals surface area contributed by atoms with Gasteiger partial charge in [0.1, 0.15) is 0 Å². The number of nitrogens with one attached hydrogen (secondary N) is 2. The first-order valence-electron chi connectivity index (χ1n) is 10.5. The van der Waals surface area contributed by atoms with E-state index in [0.717, 1.165) is 30.4 Å². The molecule has 1 aliphatic rings. The number of pyridine rings is 1. The molecule has 1 unspecified atom stereocenters. The third-order valence-corrected chi connectivity index (χ3v) is 5.72. The number of benzene rings is 2. The minimum Gasteiger partial charge on any atom is -0.354 e. The van der Waals surface area contributed by atoms with Crippen molar-refractivity contribution >= 4 is 17.5 Å². The van der Waals surface area contributed by atoms with E-state index in [1.165, 1.54) is 5.56 Å². The van der Waals surface area contributed by atoms with Crippen LogP contribution < -0.4 is 16.4 Å². The molecule has 0 bridgehead atoms. The highest BCUT2D eigenvalue weighted by molar-refractivity contribution is 6.04. The third-order valence-electron chi connectivity index (χ3n) is 5.72. The number of nitrogens with two attached hydrogens (primary N) is 1. The molecule has 4 rings (SSSR count). The lowest BCUT2D eigenvalue weighted by Crippen LogP contribution is -2.36. The van der Waals surface area contributed by atoms with Crippen LogP contribution in [0.15, 0.2) is 73.1 Å². The van der Waals surface area contributed by atoms with E-state index in [9.17, 15) is 9.59 Å². The van der Waals surface area contributed by atoms with E-state index in [0.29, 0.717) is 17.8 Å². The van der Waals surface area contributed by atoms with E-state index in [4.69, 9.17) is 5.73 Å². The highest BCUT2D eigenvalue weighted by atomic mass is 16.2. The van der Waals surface area contributed by atoms with E-state index >= 15 is 0 Å². The number of nitrogens with zero attached hydrogens (tertiary/aromatic N) is 1. The molecular weight excluding hydrogens is 388 g/mol. The van der Waals surface area contributed by atoms with E-state index in [2.05, 4.69) is 21.7 Å². The van der Waals surface area contributed by atoms with Crippen LogP contribution in [0, 0.1) is 0 Å². The van der Waals surface area contributed by atoms with Gasteiger partial charge in [0.05, 0.1) is 5.92 Å². The molecule has 0 aliphatic heterocycles. The zero-order valence-corrected chi connectivity index (χ0v) is 17.3. The van der Waals surface area contributed by atoms with Gasteiger partial charge in [0.25, 0.3) is 5.91 Å². The number of carbonyl (C=O) groups is 2. The highest BCUT2D eigenvalue weighted by Gasteiger charge is 2.26. The second-order valence-corrected chi connectivity index (χ2v) is 7.81. The Bertz CT molecular complexity index is 1050. The van der Waals surface area contributed by atoms with Gasteiger partial charge in [0, 0.05) is 36.2 Å². The van der Waals surface area contributed by atoms with Crippen LogP contribution in [0.4, 0.5) is 5.69 Å². The van der Waals surface area contributed by atoms with Crippen LogP contribution in [0.25, 0.3) is 0 Å². The molecule has 1 aromatic heterocycles. The summed E-state index contributed by atoms with van der Waals surface area (Å²) < 4.78 is 0. The number of amides is 2. The lowest BCUT2D eigenvalue weighted by molar-refractivity contribution is -0.122. The second kappa shape index (κ2) is 9.53. The summed E-state index contributed by atoms with van der Waals surface area (Å²) >= 11 is 0. The Labute approximate surface area is 181 Å².